The van der Waals surface area contributed by atoms with Gasteiger partial charge in [-0.1, -0.05) is 31.9 Å². The maximum atomic E-state index is 13.7. The van der Waals surface area contributed by atoms with Crippen molar-refractivity contribution in [2.24, 2.45) is 0 Å². The highest BCUT2D eigenvalue weighted by Gasteiger charge is 2.42. The van der Waals surface area contributed by atoms with Crippen molar-refractivity contribution in [3.63, 3.8) is 0 Å². The molecule has 34 heavy (non-hydrogen) atoms. The van der Waals surface area contributed by atoms with Gasteiger partial charge in [0.2, 0.25) is 5.76 Å². The Labute approximate surface area is 198 Å². The molecule has 0 aliphatic carbocycles. The van der Waals surface area contributed by atoms with Crippen molar-refractivity contribution in [1.29, 1.82) is 0 Å². The molecule has 0 saturated heterocycles. The van der Waals surface area contributed by atoms with Crippen molar-refractivity contribution < 1.29 is 23.8 Å². The Balaban J connectivity index is 1.84. The molecule has 1 aromatic heterocycles. The summed E-state index contributed by atoms with van der Waals surface area (Å²) in [4.78, 5) is 28.4. The Morgan fingerprint density at radius 2 is 1.88 bits per heavy atom. The highest BCUT2D eigenvalue weighted by molar-refractivity contribution is 5.99. The van der Waals surface area contributed by atoms with Crippen molar-refractivity contribution in [2.75, 3.05) is 26.9 Å². The molecule has 4 rings (SSSR count). The lowest BCUT2D eigenvalue weighted by Gasteiger charge is -2.25. The first kappa shape index (κ1) is 23.8. The summed E-state index contributed by atoms with van der Waals surface area (Å²) < 4.78 is 17.5. The fraction of sp³-hybridized carbons (Fsp3) is 0.407. The molecule has 1 aliphatic rings. The van der Waals surface area contributed by atoms with E-state index in [-0.39, 0.29) is 29.9 Å². The van der Waals surface area contributed by atoms with Gasteiger partial charge < -0.3 is 23.9 Å². The zero-order valence-corrected chi connectivity index (χ0v) is 20.1. The van der Waals surface area contributed by atoms with Crippen LogP contribution in [0.4, 0.5) is 0 Å². The van der Waals surface area contributed by atoms with E-state index in [0.717, 1.165) is 30.4 Å². The third kappa shape index (κ3) is 4.16. The quantitative estimate of drug-likeness (QED) is 0.467. The van der Waals surface area contributed by atoms with Crippen LogP contribution < -0.4 is 14.9 Å². The monoisotopic (exact) mass is 465 g/mol. The van der Waals surface area contributed by atoms with E-state index in [2.05, 4.69) is 6.92 Å². The molecule has 1 N–H and O–H groups in total. The number of carbonyl (C=O) groups excluding carboxylic acids is 1. The zero-order valence-electron chi connectivity index (χ0n) is 20.1. The van der Waals surface area contributed by atoms with Gasteiger partial charge in [-0.25, -0.2) is 0 Å². The van der Waals surface area contributed by atoms with Crippen molar-refractivity contribution in [3.8, 4) is 11.5 Å². The predicted octanol–water partition coefficient (Wildman–Crippen LogP) is 4.52. The molecular formula is C27H31NO6. The summed E-state index contributed by atoms with van der Waals surface area (Å²) in [7, 11) is 1.56. The number of ether oxygens (including phenoxy) is 2. The summed E-state index contributed by atoms with van der Waals surface area (Å²) in [5.41, 5.74) is 2.90. The number of benzene rings is 2. The third-order valence-corrected chi connectivity index (χ3v) is 6.25. The molecule has 1 amide bonds. The number of fused-ring (bicyclic) bond motifs is 2. The van der Waals surface area contributed by atoms with Gasteiger partial charge in [0.1, 0.15) is 5.58 Å². The summed E-state index contributed by atoms with van der Waals surface area (Å²) in [6.45, 7) is 6.33. The molecule has 1 unspecified atom stereocenters. The summed E-state index contributed by atoms with van der Waals surface area (Å²) in [6.07, 6.45) is 3.13. The summed E-state index contributed by atoms with van der Waals surface area (Å²) >= 11 is 0. The van der Waals surface area contributed by atoms with Crippen LogP contribution in [0.5, 0.6) is 11.5 Å². The van der Waals surface area contributed by atoms with Crippen LogP contribution in [0.1, 0.15) is 65.0 Å². The number of aryl methyl sites for hydroxylation is 2. The van der Waals surface area contributed by atoms with E-state index in [0.29, 0.717) is 34.6 Å². The molecule has 1 aliphatic heterocycles. The van der Waals surface area contributed by atoms with E-state index in [1.54, 1.807) is 25.3 Å². The Kier molecular flexibility index (Phi) is 6.93. The van der Waals surface area contributed by atoms with Crippen LogP contribution in [0.15, 0.2) is 39.5 Å². The molecular weight excluding hydrogens is 434 g/mol. The lowest BCUT2D eigenvalue weighted by molar-refractivity contribution is 0.0691. The molecule has 0 fully saturated rings. The van der Waals surface area contributed by atoms with Crippen LogP contribution >= 0.6 is 0 Å². The number of aliphatic hydroxyl groups is 1. The summed E-state index contributed by atoms with van der Waals surface area (Å²) in [6, 6.07) is 8.44. The van der Waals surface area contributed by atoms with E-state index in [9.17, 15) is 14.7 Å². The minimum atomic E-state index is -0.695. The van der Waals surface area contributed by atoms with E-state index in [1.165, 1.54) is 4.90 Å². The fourth-order valence-electron chi connectivity index (χ4n) is 4.67. The molecule has 0 saturated carbocycles. The topological polar surface area (TPSA) is 89.2 Å². The average molecular weight is 466 g/mol. The minimum Gasteiger partial charge on any atom is -0.493 e. The standard InChI is InChI=1S/C27H31NO6/c1-5-6-7-12-33-20-9-8-18(15-21(20)32-4)23-22-24(30)19-14-16(2)13-17(3)25(19)34-26(22)27(31)28(23)10-11-29/h8-9,13-15,23,29H,5-7,10-12H2,1-4H3. The molecule has 7 nitrogen and oxygen atoms in total. The second-order valence-corrected chi connectivity index (χ2v) is 8.72. The largest absolute Gasteiger partial charge is 0.493 e. The Morgan fingerprint density at radius 1 is 1.09 bits per heavy atom. The van der Waals surface area contributed by atoms with Gasteiger partial charge in [-0.3, -0.25) is 9.59 Å². The van der Waals surface area contributed by atoms with Gasteiger partial charge in [0.05, 0.1) is 37.3 Å². The van der Waals surface area contributed by atoms with Gasteiger partial charge in [0.15, 0.2) is 16.9 Å². The maximum absolute atomic E-state index is 13.7. The van der Waals surface area contributed by atoms with Crippen molar-refractivity contribution in [1.82, 2.24) is 4.90 Å². The molecule has 7 heteroatoms. The molecule has 3 aromatic rings. The van der Waals surface area contributed by atoms with Crippen LogP contribution in [0, 0.1) is 13.8 Å². The van der Waals surface area contributed by atoms with Crippen molar-refractivity contribution in [2.45, 2.75) is 46.1 Å². The van der Waals surface area contributed by atoms with Gasteiger partial charge in [-0.05, 0) is 55.2 Å². The molecule has 2 aromatic carbocycles. The van der Waals surface area contributed by atoms with Gasteiger partial charge in [-0.2, -0.15) is 0 Å². The number of rotatable bonds is 9. The predicted molar refractivity (Wildman–Crippen MR) is 130 cm³/mol. The number of methoxy groups -OCH3 is 1. The van der Waals surface area contributed by atoms with Gasteiger partial charge in [0, 0.05) is 6.54 Å². The number of β-amino-alcohol motifs (C(OH)–C–C–N with tert-alkyl or cyclic N) is 1. The summed E-state index contributed by atoms with van der Waals surface area (Å²) in [5, 5.41) is 10.1. The molecule has 0 bridgehead atoms. The number of hydrogen-bond acceptors (Lipinski definition) is 6. The van der Waals surface area contributed by atoms with E-state index in [1.807, 2.05) is 26.0 Å². The van der Waals surface area contributed by atoms with Crippen LogP contribution in [0.3, 0.4) is 0 Å². The number of nitrogens with zero attached hydrogens (tertiary/aromatic N) is 1. The average Bonchev–Trinajstić information content (AvgIpc) is 3.10. The SMILES string of the molecule is CCCCCOc1ccc(C2c3c(oc4c(C)cc(C)cc4c3=O)C(=O)N2CCO)cc1OC. The molecule has 1 atom stereocenters. The first-order valence-corrected chi connectivity index (χ1v) is 11.7. The molecule has 2 heterocycles. The van der Waals surface area contributed by atoms with Crippen molar-refractivity contribution >= 4 is 16.9 Å². The zero-order chi connectivity index (χ0) is 24.4. The van der Waals surface area contributed by atoms with Crippen LogP contribution in [-0.4, -0.2) is 42.8 Å². The number of carbonyl (C=O) groups is 1. The number of hydrogen-bond donors (Lipinski definition) is 1. The fourth-order valence-corrected chi connectivity index (χ4v) is 4.67. The number of aliphatic hydroxyl groups excluding tert-OH is 1. The minimum absolute atomic E-state index is 0.0294. The lowest BCUT2D eigenvalue weighted by atomic mass is 9.97. The van der Waals surface area contributed by atoms with E-state index >= 15 is 0 Å². The number of unbranched alkanes of at least 4 members (excludes halogenated alkanes) is 2. The molecule has 180 valence electrons. The van der Waals surface area contributed by atoms with Crippen LogP contribution in [0.25, 0.3) is 11.0 Å². The van der Waals surface area contributed by atoms with Crippen molar-refractivity contribution in [3.05, 3.63) is 68.6 Å². The highest BCUT2D eigenvalue weighted by Crippen LogP contribution is 2.41. The van der Waals surface area contributed by atoms with Gasteiger partial charge in [0.25, 0.3) is 5.91 Å². The Bertz CT molecular complexity index is 1280. The second kappa shape index (κ2) is 9.89. The highest BCUT2D eigenvalue weighted by atomic mass is 16.5. The second-order valence-electron chi connectivity index (χ2n) is 8.72. The van der Waals surface area contributed by atoms with E-state index < -0.39 is 11.9 Å². The smallest absolute Gasteiger partial charge is 0.290 e. The normalized spacial score (nSPS) is 15.1. The van der Waals surface area contributed by atoms with Crippen LogP contribution in [0.2, 0.25) is 0 Å². The third-order valence-electron chi connectivity index (χ3n) is 6.25. The Morgan fingerprint density at radius 3 is 2.59 bits per heavy atom. The maximum Gasteiger partial charge on any atom is 0.290 e. The van der Waals surface area contributed by atoms with Crippen LogP contribution in [-0.2, 0) is 0 Å². The first-order chi connectivity index (χ1) is 16.4. The number of amides is 1. The van der Waals surface area contributed by atoms with E-state index in [4.69, 9.17) is 13.9 Å². The molecule has 0 spiro atoms. The van der Waals surface area contributed by atoms with Gasteiger partial charge in [-0.15, -0.1) is 0 Å². The molecule has 0 radical (unpaired) electrons. The first-order valence-electron chi connectivity index (χ1n) is 11.7. The lowest BCUT2D eigenvalue weighted by Crippen LogP contribution is -2.32. The summed E-state index contributed by atoms with van der Waals surface area (Å²) in [5.74, 6) is 0.752. The van der Waals surface area contributed by atoms with Gasteiger partial charge >= 0.3 is 0 Å². The Hall–Kier alpha value is -3.32.